The van der Waals surface area contributed by atoms with E-state index in [0.717, 1.165) is 0 Å². The third-order valence-corrected chi connectivity index (χ3v) is 1.91. The molecule has 2 atom stereocenters. The maximum Gasteiger partial charge on any atom is 0.0782 e. The third kappa shape index (κ3) is 10.4. The summed E-state index contributed by atoms with van der Waals surface area (Å²) < 4.78 is 16.7. The van der Waals surface area contributed by atoms with Gasteiger partial charge in [0.15, 0.2) is 0 Å². The quantitative estimate of drug-likeness (QED) is 0.643. The Morgan fingerprint density at radius 1 is 1.00 bits per heavy atom. The molecule has 0 saturated carbocycles. The SMILES string of the molecule is C[CH]COC(C)COC(C)COC(C)(C)C. The molecule has 0 aliphatic carbocycles. The van der Waals surface area contributed by atoms with Gasteiger partial charge in [-0.05, 0) is 41.0 Å². The third-order valence-electron chi connectivity index (χ3n) is 1.91. The van der Waals surface area contributed by atoms with Gasteiger partial charge < -0.3 is 14.2 Å². The maximum atomic E-state index is 5.63. The van der Waals surface area contributed by atoms with Gasteiger partial charge >= 0.3 is 0 Å². The highest BCUT2D eigenvalue weighted by Crippen LogP contribution is 2.08. The van der Waals surface area contributed by atoms with Crippen molar-refractivity contribution in [2.75, 3.05) is 19.8 Å². The fourth-order valence-electron chi connectivity index (χ4n) is 1.02. The molecule has 0 aliphatic rings. The van der Waals surface area contributed by atoms with Gasteiger partial charge in [-0.25, -0.2) is 0 Å². The van der Waals surface area contributed by atoms with Gasteiger partial charge in [0.2, 0.25) is 0 Å². The molecule has 0 fully saturated rings. The van der Waals surface area contributed by atoms with Gasteiger partial charge in [0.1, 0.15) is 0 Å². The zero-order valence-electron chi connectivity index (χ0n) is 11.6. The first-order chi connectivity index (χ1) is 7.35. The molecule has 0 spiro atoms. The molecule has 0 saturated heterocycles. The summed E-state index contributed by atoms with van der Waals surface area (Å²) in [4.78, 5) is 0. The van der Waals surface area contributed by atoms with Crippen LogP contribution in [0.4, 0.5) is 0 Å². The van der Waals surface area contributed by atoms with Crippen molar-refractivity contribution in [2.24, 2.45) is 0 Å². The Bertz CT molecular complexity index is 163. The molecule has 16 heavy (non-hydrogen) atoms. The van der Waals surface area contributed by atoms with E-state index in [1.165, 1.54) is 0 Å². The molecular formula is C13H27O3. The Labute approximate surface area is 100 Å². The van der Waals surface area contributed by atoms with Gasteiger partial charge in [-0.3, -0.25) is 0 Å². The largest absolute Gasteiger partial charge is 0.376 e. The molecule has 1 radical (unpaired) electrons. The molecule has 3 nitrogen and oxygen atoms in total. The second kappa shape index (κ2) is 8.04. The summed E-state index contributed by atoms with van der Waals surface area (Å²) in [5.74, 6) is 0. The van der Waals surface area contributed by atoms with Gasteiger partial charge in [0.05, 0.1) is 31.0 Å². The zero-order valence-corrected chi connectivity index (χ0v) is 11.6. The molecule has 0 aromatic carbocycles. The highest BCUT2D eigenvalue weighted by molar-refractivity contribution is 4.61. The van der Waals surface area contributed by atoms with E-state index >= 15 is 0 Å². The molecule has 0 aliphatic heterocycles. The van der Waals surface area contributed by atoms with Crippen LogP contribution < -0.4 is 0 Å². The minimum Gasteiger partial charge on any atom is -0.376 e. The fourth-order valence-corrected chi connectivity index (χ4v) is 1.02. The molecule has 0 amide bonds. The summed E-state index contributed by atoms with van der Waals surface area (Å²) in [6, 6.07) is 0. The number of hydrogen-bond donors (Lipinski definition) is 0. The number of rotatable bonds is 8. The summed E-state index contributed by atoms with van der Waals surface area (Å²) in [6.45, 7) is 14.1. The Kier molecular flexibility index (Phi) is 7.98. The Hall–Kier alpha value is -0.120. The van der Waals surface area contributed by atoms with Gasteiger partial charge in [-0.15, -0.1) is 0 Å². The highest BCUT2D eigenvalue weighted by atomic mass is 16.6. The first-order valence-electron chi connectivity index (χ1n) is 6.00. The van der Waals surface area contributed by atoms with Crippen LogP contribution in [0.3, 0.4) is 0 Å². The first-order valence-corrected chi connectivity index (χ1v) is 6.00. The van der Waals surface area contributed by atoms with Crippen LogP contribution in [0.2, 0.25) is 0 Å². The van der Waals surface area contributed by atoms with Gasteiger partial charge in [-0.2, -0.15) is 0 Å². The first kappa shape index (κ1) is 15.9. The molecule has 0 rings (SSSR count). The van der Waals surface area contributed by atoms with Crippen LogP contribution in [-0.4, -0.2) is 37.6 Å². The zero-order chi connectivity index (χ0) is 12.6. The van der Waals surface area contributed by atoms with Crippen molar-refractivity contribution < 1.29 is 14.2 Å². The molecule has 0 heterocycles. The average molecular weight is 231 g/mol. The average Bonchev–Trinajstić information content (AvgIpc) is 2.19. The molecule has 3 heteroatoms. The molecule has 0 aromatic rings. The van der Waals surface area contributed by atoms with E-state index in [1.54, 1.807) is 0 Å². The molecule has 0 aromatic heterocycles. The van der Waals surface area contributed by atoms with E-state index in [-0.39, 0.29) is 17.8 Å². The van der Waals surface area contributed by atoms with E-state index in [2.05, 4.69) is 0 Å². The van der Waals surface area contributed by atoms with Crippen molar-refractivity contribution in [3.63, 3.8) is 0 Å². The van der Waals surface area contributed by atoms with Crippen LogP contribution in [0.15, 0.2) is 0 Å². The lowest BCUT2D eigenvalue weighted by molar-refractivity contribution is -0.0862. The van der Waals surface area contributed by atoms with Crippen molar-refractivity contribution in [1.29, 1.82) is 0 Å². The number of hydrogen-bond acceptors (Lipinski definition) is 3. The van der Waals surface area contributed by atoms with Crippen LogP contribution in [0.1, 0.15) is 41.5 Å². The minimum atomic E-state index is -0.100. The summed E-state index contributed by atoms with van der Waals surface area (Å²) in [6.07, 6.45) is 2.23. The summed E-state index contributed by atoms with van der Waals surface area (Å²) in [7, 11) is 0. The Morgan fingerprint density at radius 2 is 1.56 bits per heavy atom. The molecule has 97 valence electrons. The summed E-state index contributed by atoms with van der Waals surface area (Å²) in [5, 5.41) is 0. The second-order valence-corrected chi connectivity index (χ2v) is 5.12. The standard InChI is InChI=1S/C13H27O3/c1-7-8-14-11(2)9-15-12(3)10-16-13(4,5)6/h7,11-12H,8-10H2,1-6H3. The van der Waals surface area contributed by atoms with Crippen molar-refractivity contribution >= 4 is 0 Å². The smallest absolute Gasteiger partial charge is 0.0782 e. The van der Waals surface area contributed by atoms with Gasteiger partial charge in [0.25, 0.3) is 0 Å². The predicted molar refractivity (Wildman–Crippen MR) is 66.5 cm³/mol. The maximum absolute atomic E-state index is 5.63. The topological polar surface area (TPSA) is 27.7 Å². The van der Waals surface area contributed by atoms with Crippen molar-refractivity contribution in [1.82, 2.24) is 0 Å². The van der Waals surface area contributed by atoms with Gasteiger partial charge in [0, 0.05) is 6.61 Å². The highest BCUT2D eigenvalue weighted by Gasteiger charge is 2.13. The van der Waals surface area contributed by atoms with Crippen LogP contribution in [0, 0.1) is 6.42 Å². The molecular weight excluding hydrogens is 204 g/mol. The van der Waals surface area contributed by atoms with Crippen LogP contribution in [0.25, 0.3) is 0 Å². The van der Waals surface area contributed by atoms with Crippen molar-refractivity contribution in [3.8, 4) is 0 Å². The van der Waals surface area contributed by atoms with E-state index in [9.17, 15) is 0 Å². The molecule has 2 unspecified atom stereocenters. The van der Waals surface area contributed by atoms with E-state index in [0.29, 0.717) is 19.8 Å². The van der Waals surface area contributed by atoms with E-state index < -0.39 is 0 Å². The van der Waals surface area contributed by atoms with Crippen molar-refractivity contribution in [3.05, 3.63) is 6.42 Å². The summed E-state index contributed by atoms with van der Waals surface area (Å²) in [5.41, 5.74) is -0.100. The van der Waals surface area contributed by atoms with Crippen LogP contribution >= 0.6 is 0 Å². The minimum absolute atomic E-state index is 0.100. The lowest BCUT2D eigenvalue weighted by Crippen LogP contribution is -2.28. The lowest BCUT2D eigenvalue weighted by Gasteiger charge is -2.23. The Balaban J connectivity index is 3.53. The second-order valence-electron chi connectivity index (χ2n) is 5.12. The van der Waals surface area contributed by atoms with Gasteiger partial charge in [-0.1, -0.05) is 6.92 Å². The van der Waals surface area contributed by atoms with E-state index in [1.807, 2.05) is 48.0 Å². The lowest BCUT2D eigenvalue weighted by atomic mass is 10.2. The van der Waals surface area contributed by atoms with Crippen LogP contribution in [0.5, 0.6) is 0 Å². The monoisotopic (exact) mass is 231 g/mol. The van der Waals surface area contributed by atoms with Crippen molar-refractivity contribution in [2.45, 2.75) is 59.4 Å². The fraction of sp³-hybridized carbons (Fsp3) is 0.923. The van der Waals surface area contributed by atoms with Crippen LogP contribution in [-0.2, 0) is 14.2 Å². The Morgan fingerprint density at radius 3 is 2.06 bits per heavy atom. The molecule has 0 N–H and O–H groups in total. The summed E-state index contributed by atoms with van der Waals surface area (Å²) >= 11 is 0. The number of ether oxygens (including phenoxy) is 3. The van der Waals surface area contributed by atoms with E-state index in [4.69, 9.17) is 14.2 Å². The molecule has 0 bridgehead atoms. The predicted octanol–water partition coefficient (Wildman–Crippen LogP) is 2.84. The normalized spacial score (nSPS) is 16.1.